The third-order valence-electron chi connectivity index (χ3n) is 8.29. The molecule has 0 aliphatic carbocycles. The summed E-state index contributed by atoms with van der Waals surface area (Å²) < 4.78 is 11.4. The molecule has 2 amide bonds. The average molecular weight is 515 g/mol. The number of rotatable bonds is 7. The average Bonchev–Trinajstić information content (AvgIpc) is 3.56. The zero-order valence-electron chi connectivity index (χ0n) is 22.1. The first kappa shape index (κ1) is 24.6. The van der Waals surface area contributed by atoms with Crippen molar-refractivity contribution in [3.8, 4) is 11.5 Å². The van der Waals surface area contributed by atoms with E-state index in [-0.39, 0.29) is 23.9 Å². The summed E-state index contributed by atoms with van der Waals surface area (Å²) in [5.74, 6) is 1.56. The lowest BCUT2D eigenvalue weighted by Gasteiger charge is -2.20. The number of carbonyl (C=O) groups is 2. The Kier molecular flexibility index (Phi) is 6.64. The van der Waals surface area contributed by atoms with Crippen molar-refractivity contribution in [1.82, 2.24) is 9.80 Å². The molecule has 2 fully saturated rings. The second-order valence-corrected chi connectivity index (χ2v) is 10.5. The normalized spacial score (nSPS) is 21.5. The van der Waals surface area contributed by atoms with Gasteiger partial charge in [-0.15, -0.1) is 0 Å². The maximum absolute atomic E-state index is 13.1. The predicted molar refractivity (Wildman–Crippen MR) is 147 cm³/mol. The zero-order valence-corrected chi connectivity index (χ0v) is 22.1. The Hall–Kier alpha value is -3.68. The first-order valence-electron chi connectivity index (χ1n) is 13.7. The maximum atomic E-state index is 13.1. The van der Waals surface area contributed by atoms with Gasteiger partial charge in [0, 0.05) is 25.5 Å². The highest BCUT2D eigenvalue weighted by molar-refractivity contribution is 6.04. The Morgan fingerprint density at radius 2 is 1.18 bits per heavy atom. The molecule has 6 rings (SSSR count). The fourth-order valence-electron chi connectivity index (χ4n) is 6.22. The molecule has 4 aliphatic rings. The molecule has 4 heterocycles. The van der Waals surface area contributed by atoms with Crippen LogP contribution in [0.3, 0.4) is 0 Å². The van der Waals surface area contributed by atoms with Gasteiger partial charge in [0.25, 0.3) is 11.8 Å². The number of aryl methyl sites for hydroxylation is 2. The highest BCUT2D eigenvalue weighted by Gasteiger charge is 2.33. The minimum absolute atomic E-state index is 0.0433. The van der Waals surface area contributed by atoms with Crippen molar-refractivity contribution in [3.05, 3.63) is 46.5 Å². The highest BCUT2D eigenvalue weighted by Crippen LogP contribution is 2.36. The van der Waals surface area contributed by atoms with Crippen LogP contribution >= 0.6 is 0 Å². The number of fused-ring (bicyclic) bond motifs is 4. The van der Waals surface area contributed by atoms with Gasteiger partial charge in [-0.1, -0.05) is 0 Å². The van der Waals surface area contributed by atoms with Crippen LogP contribution in [0.5, 0.6) is 11.5 Å². The van der Waals surface area contributed by atoms with E-state index in [4.69, 9.17) is 9.47 Å². The smallest absolute Gasteiger partial charge is 0.256 e. The van der Waals surface area contributed by atoms with E-state index in [1.165, 1.54) is 0 Å². The number of unbranched alkanes of at least 4 members (excludes halogenated alkanes) is 1. The Balaban J connectivity index is 1.16. The van der Waals surface area contributed by atoms with Crippen LogP contribution < -0.4 is 9.47 Å². The first-order chi connectivity index (χ1) is 18.6. The van der Waals surface area contributed by atoms with Crippen molar-refractivity contribution in [3.63, 3.8) is 0 Å². The highest BCUT2D eigenvalue weighted by atomic mass is 16.5. The Labute approximate surface area is 223 Å². The van der Waals surface area contributed by atoms with E-state index < -0.39 is 0 Å². The van der Waals surface area contributed by atoms with Crippen LogP contribution in [0.1, 0.15) is 70.4 Å². The van der Waals surface area contributed by atoms with Crippen LogP contribution in [0.15, 0.2) is 34.3 Å². The number of amides is 2. The van der Waals surface area contributed by atoms with Gasteiger partial charge in [0.1, 0.15) is 11.5 Å². The molecule has 0 radical (unpaired) electrons. The van der Waals surface area contributed by atoms with Gasteiger partial charge in [-0.2, -0.15) is 0 Å². The topological polar surface area (TPSA) is 83.8 Å². The molecule has 0 N–H and O–H groups in total. The summed E-state index contributed by atoms with van der Waals surface area (Å²) in [5, 5.41) is 0. The minimum Gasteiger partial charge on any atom is -0.496 e. The summed E-state index contributed by atoms with van der Waals surface area (Å²) in [7, 11) is 3.31. The first-order valence-corrected chi connectivity index (χ1v) is 13.7. The number of benzene rings is 2. The lowest BCUT2D eigenvalue weighted by atomic mass is 9.98. The van der Waals surface area contributed by atoms with E-state index in [0.29, 0.717) is 11.1 Å². The molecule has 2 aromatic rings. The van der Waals surface area contributed by atoms with Crippen LogP contribution in [0.4, 0.5) is 11.4 Å². The third-order valence-corrected chi connectivity index (χ3v) is 8.29. The fourth-order valence-corrected chi connectivity index (χ4v) is 6.22. The number of methoxy groups -OCH3 is 2. The predicted octanol–water partition coefficient (Wildman–Crippen LogP) is 4.91. The molecule has 0 spiro atoms. The molecule has 8 heteroatoms. The van der Waals surface area contributed by atoms with Crippen molar-refractivity contribution in [1.29, 1.82) is 0 Å². The van der Waals surface area contributed by atoms with Crippen LogP contribution in [0, 0.1) is 0 Å². The van der Waals surface area contributed by atoms with E-state index in [0.717, 1.165) is 98.5 Å². The zero-order chi connectivity index (χ0) is 26.2. The molecule has 8 nitrogen and oxygen atoms in total. The van der Waals surface area contributed by atoms with Crippen molar-refractivity contribution >= 4 is 35.6 Å². The van der Waals surface area contributed by atoms with Gasteiger partial charge in [0.2, 0.25) is 0 Å². The van der Waals surface area contributed by atoms with Gasteiger partial charge < -0.3 is 19.3 Å². The summed E-state index contributed by atoms with van der Waals surface area (Å²) >= 11 is 0. The molecular weight excluding hydrogens is 480 g/mol. The SMILES string of the molecule is COc1cc2c(cc1CCCCc1cc3c(cc1OC)C(=O)N1CCC[C@H]1C=N3)N=C[C@@H]1CCCN1C2=O. The molecule has 0 bridgehead atoms. The fraction of sp³-hybridized carbons (Fsp3) is 0.467. The summed E-state index contributed by atoms with van der Waals surface area (Å²) in [6.45, 7) is 1.56. The van der Waals surface area contributed by atoms with E-state index in [1.54, 1.807) is 14.2 Å². The monoisotopic (exact) mass is 514 g/mol. The standard InChI is InChI=1S/C30H34N4O4/c1-37-27-15-23-25(31-17-21-9-5-11-33(21)29(23)35)13-19(27)7-3-4-8-20-14-26-24(16-28(20)38-2)30(36)34-12-6-10-22(34)18-32-26/h13-18,21-22H,3-12H2,1-2H3/t21-,22-/m0/s1. The van der Waals surface area contributed by atoms with Crippen LogP contribution in [0.25, 0.3) is 0 Å². The minimum atomic E-state index is 0.0433. The number of hydrogen-bond donors (Lipinski definition) is 0. The quantitative estimate of drug-likeness (QED) is 0.492. The van der Waals surface area contributed by atoms with E-state index in [1.807, 2.05) is 46.5 Å². The van der Waals surface area contributed by atoms with Gasteiger partial charge in [-0.3, -0.25) is 19.6 Å². The molecule has 0 saturated carbocycles. The van der Waals surface area contributed by atoms with Crippen molar-refractivity contribution in [2.75, 3.05) is 27.3 Å². The van der Waals surface area contributed by atoms with Crippen LogP contribution in [0.2, 0.25) is 0 Å². The summed E-state index contributed by atoms with van der Waals surface area (Å²) in [6, 6.07) is 7.94. The van der Waals surface area contributed by atoms with Gasteiger partial charge >= 0.3 is 0 Å². The summed E-state index contributed by atoms with van der Waals surface area (Å²) in [5.41, 5.74) is 4.82. The number of hydrogen-bond acceptors (Lipinski definition) is 6. The molecule has 2 aromatic carbocycles. The molecule has 2 saturated heterocycles. The van der Waals surface area contributed by atoms with Gasteiger partial charge in [-0.05, 0) is 86.8 Å². The molecular formula is C30H34N4O4. The Bertz CT molecular complexity index is 1230. The largest absolute Gasteiger partial charge is 0.496 e. The molecule has 0 aromatic heterocycles. The van der Waals surface area contributed by atoms with Crippen molar-refractivity contribution < 1.29 is 19.1 Å². The third kappa shape index (κ3) is 4.36. The summed E-state index contributed by atoms with van der Waals surface area (Å²) in [4.78, 5) is 39.5. The molecule has 38 heavy (non-hydrogen) atoms. The summed E-state index contributed by atoms with van der Waals surface area (Å²) in [6.07, 6.45) is 11.3. The van der Waals surface area contributed by atoms with E-state index in [9.17, 15) is 9.59 Å². The van der Waals surface area contributed by atoms with Crippen LogP contribution in [-0.2, 0) is 12.8 Å². The molecule has 198 valence electrons. The second-order valence-electron chi connectivity index (χ2n) is 10.5. The number of carbonyl (C=O) groups excluding carboxylic acids is 2. The molecule has 0 unspecified atom stereocenters. The van der Waals surface area contributed by atoms with Gasteiger partial charge in [0.15, 0.2) is 0 Å². The van der Waals surface area contributed by atoms with Gasteiger partial charge in [-0.25, -0.2) is 0 Å². The maximum Gasteiger partial charge on any atom is 0.256 e. The second kappa shape index (κ2) is 10.2. The number of aliphatic imine (C=N–C) groups is 2. The van der Waals surface area contributed by atoms with Gasteiger partial charge in [0.05, 0.1) is 48.8 Å². The Morgan fingerprint density at radius 1 is 0.737 bits per heavy atom. The van der Waals surface area contributed by atoms with Crippen molar-refractivity contribution in [2.24, 2.45) is 9.98 Å². The Morgan fingerprint density at radius 3 is 1.61 bits per heavy atom. The van der Waals surface area contributed by atoms with E-state index >= 15 is 0 Å². The van der Waals surface area contributed by atoms with E-state index in [2.05, 4.69) is 9.98 Å². The number of ether oxygens (including phenoxy) is 2. The van der Waals surface area contributed by atoms with Crippen LogP contribution in [-0.4, -0.2) is 73.4 Å². The molecule has 4 aliphatic heterocycles. The lowest BCUT2D eigenvalue weighted by molar-refractivity contribution is 0.0766. The van der Waals surface area contributed by atoms with Crippen molar-refractivity contribution in [2.45, 2.75) is 63.5 Å². The lowest BCUT2D eigenvalue weighted by Crippen LogP contribution is -2.35. The molecule has 2 atom stereocenters. The number of nitrogens with zero attached hydrogens (tertiary/aromatic N) is 4.